The Labute approximate surface area is 127 Å². The van der Waals surface area contributed by atoms with Crippen molar-refractivity contribution in [1.82, 2.24) is 15.5 Å². The molecule has 21 heavy (non-hydrogen) atoms. The fraction of sp³-hybridized carbons (Fsp3) is 0.588. The quantitative estimate of drug-likeness (QED) is 0.838. The molecular weight excluding hydrogens is 262 g/mol. The second-order valence-corrected chi connectivity index (χ2v) is 5.91. The highest BCUT2D eigenvalue weighted by molar-refractivity contribution is 5.84. The van der Waals surface area contributed by atoms with Crippen molar-refractivity contribution < 1.29 is 4.79 Å². The first-order valence-corrected chi connectivity index (χ1v) is 7.90. The zero-order valence-electron chi connectivity index (χ0n) is 13.4. The lowest BCUT2D eigenvalue weighted by molar-refractivity contribution is -0.122. The van der Waals surface area contributed by atoms with Gasteiger partial charge in [0.1, 0.15) is 0 Å². The third-order valence-corrected chi connectivity index (χ3v) is 4.52. The van der Waals surface area contributed by atoms with Gasteiger partial charge >= 0.3 is 0 Å². The topological polar surface area (TPSA) is 44.4 Å². The molecule has 0 radical (unpaired) electrons. The number of hydrogen-bond acceptors (Lipinski definition) is 3. The third-order valence-electron chi connectivity index (χ3n) is 4.52. The summed E-state index contributed by atoms with van der Waals surface area (Å²) in [5, 5.41) is 6.41. The summed E-state index contributed by atoms with van der Waals surface area (Å²) in [6.07, 6.45) is 1.13. The van der Waals surface area contributed by atoms with Gasteiger partial charge in [-0.3, -0.25) is 4.79 Å². The molecule has 4 heteroatoms. The Morgan fingerprint density at radius 3 is 3.00 bits per heavy atom. The van der Waals surface area contributed by atoms with Crippen LogP contribution in [0.4, 0.5) is 0 Å². The minimum absolute atomic E-state index is 0.0659. The second-order valence-electron chi connectivity index (χ2n) is 5.91. The molecule has 4 nitrogen and oxygen atoms in total. The van der Waals surface area contributed by atoms with Gasteiger partial charge < -0.3 is 15.5 Å². The predicted molar refractivity (Wildman–Crippen MR) is 86.3 cm³/mol. The average molecular weight is 289 g/mol. The van der Waals surface area contributed by atoms with Crippen LogP contribution in [0.25, 0.3) is 0 Å². The van der Waals surface area contributed by atoms with Gasteiger partial charge in [0.25, 0.3) is 0 Å². The molecule has 2 rings (SSSR count). The summed E-state index contributed by atoms with van der Waals surface area (Å²) in [4.78, 5) is 14.7. The van der Waals surface area contributed by atoms with Crippen molar-refractivity contribution in [1.29, 1.82) is 0 Å². The van der Waals surface area contributed by atoms with Gasteiger partial charge in [-0.1, -0.05) is 31.2 Å². The Hall–Kier alpha value is -1.39. The number of fused-ring (bicyclic) bond motifs is 1. The lowest BCUT2D eigenvalue weighted by Crippen LogP contribution is -2.42. The van der Waals surface area contributed by atoms with E-state index in [1.807, 2.05) is 12.1 Å². The second kappa shape index (κ2) is 7.57. The normalized spacial score (nSPS) is 19.1. The Bertz CT molecular complexity index is 475. The van der Waals surface area contributed by atoms with Gasteiger partial charge in [0.05, 0.1) is 5.92 Å². The molecular formula is C17H27N3O. The summed E-state index contributed by atoms with van der Waals surface area (Å²) < 4.78 is 0. The van der Waals surface area contributed by atoms with Crippen LogP contribution in [0.1, 0.15) is 37.3 Å². The number of hydrogen-bond donors (Lipinski definition) is 2. The summed E-state index contributed by atoms with van der Waals surface area (Å²) >= 11 is 0. The van der Waals surface area contributed by atoms with Crippen molar-refractivity contribution in [2.24, 2.45) is 0 Å². The van der Waals surface area contributed by atoms with Gasteiger partial charge in [-0.25, -0.2) is 0 Å². The van der Waals surface area contributed by atoms with Crippen LogP contribution in [0, 0.1) is 0 Å². The summed E-state index contributed by atoms with van der Waals surface area (Å²) in [6.45, 7) is 7.58. The number of nitrogens with one attached hydrogen (secondary N) is 2. The van der Waals surface area contributed by atoms with Crippen LogP contribution in [-0.2, 0) is 11.3 Å². The van der Waals surface area contributed by atoms with Crippen LogP contribution in [0.2, 0.25) is 0 Å². The molecule has 2 unspecified atom stereocenters. The van der Waals surface area contributed by atoms with Crippen LogP contribution in [0.15, 0.2) is 24.3 Å². The lowest BCUT2D eigenvalue weighted by atomic mass is 9.90. The number of nitrogens with zero attached hydrogens (tertiary/aromatic N) is 1. The first-order chi connectivity index (χ1) is 10.1. The van der Waals surface area contributed by atoms with Crippen LogP contribution in [-0.4, -0.2) is 43.5 Å². The molecule has 1 aliphatic heterocycles. The van der Waals surface area contributed by atoms with Crippen molar-refractivity contribution in [3.8, 4) is 0 Å². The number of likely N-dealkylation sites (N-methyl/N-ethyl adjacent to an activating group) is 1. The Balaban J connectivity index is 1.87. The van der Waals surface area contributed by atoms with Crippen molar-refractivity contribution in [3.63, 3.8) is 0 Å². The molecule has 0 aromatic heterocycles. The number of rotatable bonds is 6. The molecule has 0 spiro atoms. The molecule has 116 valence electrons. The molecule has 0 saturated carbocycles. The van der Waals surface area contributed by atoms with Crippen LogP contribution in [0.3, 0.4) is 0 Å². The van der Waals surface area contributed by atoms with E-state index < -0.39 is 0 Å². The van der Waals surface area contributed by atoms with E-state index in [9.17, 15) is 4.79 Å². The fourth-order valence-corrected chi connectivity index (χ4v) is 2.74. The van der Waals surface area contributed by atoms with Crippen molar-refractivity contribution in [2.45, 2.75) is 38.8 Å². The number of carbonyl (C=O) groups excluding carboxylic acids is 1. The highest BCUT2D eigenvalue weighted by Gasteiger charge is 2.25. The molecule has 1 aliphatic rings. The van der Waals surface area contributed by atoms with Gasteiger partial charge in [0, 0.05) is 32.2 Å². The molecule has 2 N–H and O–H groups in total. The van der Waals surface area contributed by atoms with Gasteiger partial charge in [0.15, 0.2) is 0 Å². The predicted octanol–water partition coefficient (Wildman–Crippen LogP) is 1.72. The van der Waals surface area contributed by atoms with E-state index >= 15 is 0 Å². The third kappa shape index (κ3) is 4.05. The summed E-state index contributed by atoms with van der Waals surface area (Å²) in [5.74, 6) is 0.0658. The monoisotopic (exact) mass is 289 g/mol. The number of benzene rings is 1. The van der Waals surface area contributed by atoms with E-state index in [0.717, 1.165) is 26.1 Å². The maximum Gasteiger partial charge on any atom is 0.228 e. The highest BCUT2D eigenvalue weighted by atomic mass is 16.1. The summed E-state index contributed by atoms with van der Waals surface area (Å²) in [6, 6.07) is 8.77. The first-order valence-electron chi connectivity index (χ1n) is 7.90. The highest BCUT2D eigenvalue weighted by Crippen LogP contribution is 2.23. The van der Waals surface area contributed by atoms with Gasteiger partial charge in [-0.2, -0.15) is 0 Å². The molecule has 0 saturated heterocycles. The van der Waals surface area contributed by atoms with E-state index in [4.69, 9.17) is 0 Å². The molecule has 0 bridgehead atoms. The maximum absolute atomic E-state index is 12.4. The fourth-order valence-electron chi connectivity index (χ4n) is 2.74. The van der Waals surface area contributed by atoms with Crippen molar-refractivity contribution in [3.05, 3.63) is 35.4 Å². The van der Waals surface area contributed by atoms with Gasteiger partial charge in [0.2, 0.25) is 5.91 Å². The average Bonchev–Trinajstić information content (AvgIpc) is 2.53. The first kappa shape index (κ1) is 16.0. The smallest absolute Gasteiger partial charge is 0.228 e. The van der Waals surface area contributed by atoms with E-state index in [0.29, 0.717) is 12.6 Å². The largest absolute Gasteiger partial charge is 0.354 e. The van der Waals surface area contributed by atoms with Gasteiger partial charge in [-0.15, -0.1) is 0 Å². The summed E-state index contributed by atoms with van der Waals surface area (Å²) in [5.41, 5.74) is 2.41. The minimum Gasteiger partial charge on any atom is -0.354 e. The zero-order chi connectivity index (χ0) is 15.2. The Kier molecular flexibility index (Phi) is 5.76. The molecule has 1 aromatic rings. The molecule has 1 amide bonds. The number of amides is 1. The van der Waals surface area contributed by atoms with Crippen molar-refractivity contribution >= 4 is 5.91 Å². The maximum atomic E-state index is 12.4. The molecule has 0 fully saturated rings. The standard InChI is InChI=1S/C17H27N3O/c1-4-13(2)20(3)10-9-19-17(21)16-12-18-11-14-7-5-6-8-15(14)16/h5-8,13,16,18H,4,9-12H2,1-3H3,(H,19,21). The van der Waals surface area contributed by atoms with E-state index in [-0.39, 0.29) is 11.8 Å². The molecule has 2 atom stereocenters. The lowest BCUT2D eigenvalue weighted by Gasteiger charge is -2.27. The Morgan fingerprint density at radius 2 is 2.24 bits per heavy atom. The molecule has 1 heterocycles. The minimum atomic E-state index is -0.0659. The van der Waals surface area contributed by atoms with Gasteiger partial charge in [-0.05, 0) is 31.5 Å². The van der Waals surface area contributed by atoms with E-state index in [1.54, 1.807) is 0 Å². The van der Waals surface area contributed by atoms with Crippen molar-refractivity contribution in [2.75, 3.05) is 26.7 Å². The Morgan fingerprint density at radius 1 is 1.48 bits per heavy atom. The van der Waals surface area contributed by atoms with E-state index in [1.165, 1.54) is 11.1 Å². The van der Waals surface area contributed by atoms with Crippen LogP contribution < -0.4 is 10.6 Å². The van der Waals surface area contributed by atoms with Crippen LogP contribution >= 0.6 is 0 Å². The molecule has 0 aliphatic carbocycles. The zero-order valence-corrected chi connectivity index (χ0v) is 13.4. The van der Waals surface area contributed by atoms with E-state index in [2.05, 4.69) is 48.6 Å². The van der Waals surface area contributed by atoms with Crippen LogP contribution in [0.5, 0.6) is 0 Å². The number of carbonyl (C=O) groups is 1. The SMILES string of the molecule is CCC(C)N(C)CCNC(=O)C1CNCc2ccccc21. The summed E-state index contributed by atoms with van der Waals surface area (Å²) in [7, 11) is 2.11. The molecule has 1 aromatic carbocycles.